The molecule has 0 unspecified atom stereocenters. The van der Waals surface area contributed by atoms with Gasteiger partial charge in [-0.2, -0.15) is 11.3 Å². The molecule has 3 heterocycles. The van der Waals surface area contributed by atoms with Gasteiger partial charge in [0.05, 0.1) is 36.3 Å². The average molecular weight is 527 g/mol. The van der Waals surface area contributed by atoms with Gasteiger partial charge in [-0.3, -0.25) is 4.79 Å². The molecule has 0 spiro atoms. The lowest BCUT2D eigenvalue weighted by atomic mass is 10.1. The Morgan fingerprint density at radius 1 is 1.28 bits per heavy atom. The van der Waals surface area contributed by atoms with E-state index in [-0.39, 0.29) is 22.7 Å². The zero-order valence-electron chi connectivity index (χ0n) is 19.5. The van der Waals surface area contributed by atoms with Gasteiger partial charge in [0.15, 0.2) is 17.3 Å². The van der Waals surface area contributed by atoms with Crippen LogP contribution in [0, 0.1) is 5.82 Å². The van der Waals surface area contributed by atoms with Gasteiger partial charge in [0, 0.05) is 18.0 Å². The lowest BCUT2D eigenvalue weighted by Crippen LogP contribution is -2.45. The third-order valence-corrected chi connectivity index (χ3v) is 7.11. The molecule has 1 amide bonds. The SMILES string of the molecule is COc1cc2ncnc(Nc3cccc(Cl)c3F)c2cc1O[C@@H]1CCCN(C(=O)Cc2ccsc2)C1. The minimum absolute atomic E-state index is 0.0134. The number of anilines is 2. The summed E-state index contributed by atoms with van der Waals surface area (Å²) in [7, 11) is 1.56. The second-order valence-corrected chi connectivity index (χ2v) is 9.69. The molecular weight excluding hydrogens is 503 g/mol. The first-order valence-electron chi connectivity index (χ1n) is 11.5. The van der Waals surface area contributed by atoms with Crippen molar-refractivity contribution < 1.29 is 18.7 Å². The van der Waals surface area contributed by atoms with Crippen LogP contribution in [0.3, 0.4) is 0 Å². The van der Waals surface area contributed by atoms with Crippen molar-refractivity contribution in [2.45, 2.75) is 25.4 Å². The topological polar surface area (TPSA) is 76.6 Å². The fourth-order valence-electron chi connectivity index (χ4n) is 4.26. The Morgan fingerprint density at radius 2 is 2.17 bits per heavy atom. The zero-order chi connectivity index (χ0) is 25.1. The minimum atomic E-state index is -0.565. The number of piperidine rings is 1. The Morgan fingerprint density at radius 3 is 2.97 bits per heavy atom. The van der Waals surface area contributed by atoms with Crippen molar-refractivity contribution in [2.24, 2.45) is 0 Å². The molecule has 1 aliphatic heterocycles. The first kappa shape index (κ1) is 24.3. The van der Waals surface area contributed by atoms with Crippen LogP contribution in [0.15, 0.2) is 53.5 Å². The van der Waals surface area contributed by atoms with Crippen LogP contribution in [0.4, 0.5) is 15.9 Å². The van der Waals surface area contributed by atoms with Crippen molar-refractivity contribution in [1.29, 1.82) is 0 Å². The first-order chi connectivity index (χ1) is 17.5. The highest BCUT2D eigenvalue weighted by molar-refractivity contribution is 7.08. The van der Waals surface area contributed by atoms with E-state index in [1.54, 1.807) is 42.7 Å². The van der Waals surface area contributed by atoms with Gasteiger partial charge in [0.2, 0.25) is 5.91 Å². The predicted molar refractivity (Wildman–Crippen MR) is 139 cm³/mol. The molecule has 10 heteroatoms. The molecular formula is C26H24ClFN4O3S. The van der Waals surface area contributed by atoms with Crippen LogP contribution >= 0.6 is 22.9 Å². The lowest BCUT2D eigenvalue weighted by molar-refractivity contribution is -0.133. The van der Waals surface area contributed by atoms with E-state index in [2.05, 4.69) is 15.3 Å². The van der Waals surface area contributed by atoms with Crippen molar-refractivity contribution >= 4 is 51.3 Å². The molecule has 1 N–H and O–H groups in total. The van der Waals surface area contributed by atoms with Gasteiger partial charge in [0.1, 0.15) is 18.2 Å². The Hall–Kier alpha value is -3.43. The molecule has 1 fully saturated rings. The zero-order valence-corrected chi connectivity index (χ0v) is 21.1. The fourth-order valence-corrected chi connectivity index (χ4v) is 5.11. The summed E-state index contributed by atoms with van der Waals surface area (Å²) in [6.07, 6.45) is 3.25. The molecule has 0 radical (unpaired) electrons. The number of amides is 1. The molecule has 1 saturated heterocycles. The maximum Gasteiger partial charge on any atom is 0.227 e. The fraction of sp³-hybridized carbons (Fsp3) is 0.269. The number of carbonyl (C=O) groups is 1. The molecule has 5 rings (SSSR count). The molecule has 0 aliphatic carbocycles. The molecule has 36 heavy (non-hydrogen) atoms. The summed E-state index contributed by atoms with van der Waals surface area (Å²) in [5, 5.41) is 7.63. The van der Waals surface area contributed by atoms with Gasteiger partial charge in [-0.05, 0) is 53.4 Å². The summed E-state index contributed by atoms with van der Waals surface area (Å²) in [5.74, 6) is 0.959. The van der Waals surface area contributed by atoms with E-state index in [0.717, 1.165) is 18.4 Å². The largest absolute Gasteiger partial charge is 0.493 e. The molecule has 186 valence electrons. The predicted octanol–water partition coefficient (Wildman–Crippen LogP) is 5.85. The number of carbonyl (C=O) groups excluding carboxylic acids is 1. The highest BCUT2D eigenvalue weighted by Gasteiger charge is 2.26. The van der Waals surface area contributed by atoms with Crippen molar-refractivity contribution in [3.05, 3.63) is 69.9 Å². The summed E-state index contributed by atoms with van der Waals surface area (Å²) in [4.78, 5) is 23.3. The molecule has 1 atom stereocenters. The van der Waals surface area contributed by atoms with Crippen molar-refractivity contribution in [2.75, 3.05) is 25.5 Å². The second kappa shape index (κ2) is 10.7. The molecule has 2 aromatic carbocycles. The summed E-state index contributed by atoms with van der Waals surface area (Å²) in [6.45, 7) is 1.21. The number of nitrogens with one attached hydrogen (secondary N) is 1. The van der Waals surface area contributed by atoms with Crippen LogP contribution in [0.2, 0.25) is 5.02 Å². The van der Waals surface area contributed by atoms with Gasteiger partial charge in [-0.25, -0.2) is 14.4 Å². The molecule has 4 aromatic rings. The van der Waals surface area contributed by atoms with Gasteiger partial charge >= 0.3 is 0 Å². The number of likely N-dealkylation sites (tertiary alicyclic amines) is 1. The summed E-state index contributed by atoms with van der Waals surface area (Å²) in [5.41, 5.74) is 1.84. The van der Waals surface area contributed by atoms with Crippen molar-refractivity contribution in [3.63, 3.8) is 0 Å². The van der Waals surface area contributed by atoms with Gasteiger partial charge in [-0.15, -0.1) is 0 Å². The number of ether oxygens (including phenoxy) is 2. The standard InChI is InChI=1S/C26H24ClFN4O3S/c1-34-22-12-21-18(26(30-15-29-21)31-20-6-2-5-19(27)25(20)28)11-23(22)35-17-4-3-8-32(13-17)24(33)10-16-7-9-36-14-16/h2,5-7,9,11-12,14-15,17H,3-4,8,10,13H2,1H3,(H,29,30,31)/t17-/m1/s1. The highest BCUT2D eigenvalue weighted by atomic mass is 35.5. The number of halogens is 2. The van der Waals surface area contributed by atoms with Crippen LogP contribution in [-0.2, 0) is 11.2 Å². The van der Waals surface area contributed by atoms with Crippen LogP contribution in [0.1, 0.15) is 18.4 Å². The van der Waals surface area contributed by atoms with Crippen LogP contribution in [0.5, 0.6) is 11.5 Å². The number of nitrogens with zero attached hydrogens (tertiary/aromatic N) is 3. The van der Waals surface area contributed by atoms with Gasteiger partial charge < -0.3 is 19.7 Å². The molecule has 0 saturated carbocycles. The first-order valence-corrected chi connectivity index (χ1v) is 12.8. The highest BCUT2D eigenvalue weighted by Crippen LogP contribution is 2.36. The second-order valence-electron chi connectivity index (χ2n) is 8.50. The minimum Gasteiger partial charge on any atom is -0.493 e. The number of hydrogen-bond acceptors (Lipinski definition) is 7. The number of benzene rings is 2. The van der Waals surface area contributed by atoms with E-state index in [9.17, 15) is 9.18 Å². The normalized spacial score (nSPS) is 15.6. The Bertz CT molecular complexity index is 1390. The number of thiophene rings is 1. The average Bonchev–Trinajstić information content (AvgIpc) is 3.40. The maximum atomic E-state index is 14.5. The lowest BCUT2D eigenvalue weighted by Gasteiger charge is -2.33. The Balaban J connectivity index is 1.39. The van der Waals surface area contributed by atoms with E-state index >= 15 is 0 Å². The van der Waals surface area contributed by atoms with Gasteiger partial charge in [0.25, 0.3) is 0 Å². The van der Waals surface area contributed by atoms with E-state index < -0.39 is 5.82 Å². The molecule has 2 aromatic heterocycles. The summed E-state index contributed by atoms with van der Waals surface area (Å²) in [6, 6.07) is 10.2. The molecule has 7 nitrogen and oxygen atoms in total. The Labute approximate surface area is 216 Å². The smallest absolute Gasteiger partial charge is 0.227 e. The van der Waals surface area contributed by atoms with E-state index in [0.29, 0.717) is 47.7 Å². The van der Waals surface area contributed by atoms with Crippen LogP contribution in [0.25, 0.3) is 10.9 Å². The van der Waals surface area contributed by atoms with E-state index in [1.165, 1.54) is 12.4 Å². The number of hydrogen-bond donors (Lipinski definition) is 1. The third-order valence-electron chi connectivity index (χ3n) is 6.09. The molecule has 0 bridgehead atoms. The number of rotatable bonds is 7. The quantitative estimate of drug-likeness (QED) is 0.325. The molecule has 1 aliphatic rings. The van der Waals surface area contributed by atoms with E-state index in [1.807, 2.05) is 21.7 Å². The van der Waals surface area contributed by atoms with Crippen LogP contribution in [-0.4, -0.2) is 47.1 Å². The summed E-state index contributed by atoms with van der Waals surface area (Å²) < 4.78 is 26.4. The number of aromatic nitrogens is 2. The maximum absolute atomic E-state index is 14.5. The van der Waals surface area contributed by atoms with Crippen molar-refractivity contribution in [3.8, 4) is 11.5 Å². The Kier molecular flexibility index (Phi) is 7.20. The monoisotopic (exact) mass is 526 g/mol. The number of fused-ring (bicyclic) bond motifs is 1. The van der Waals surface area contributed by atoms with E-state index in [4.69, 9.17) is 21.1 Å². The third kappa shape index (κ3) is 5.22. The van der Waals surface area contributed by atoms with Crippen molar-refractivity contribution in [1.82, 2.24) is 14.9 Å². The number of methoxy groups -OCH3 is 1. The van der Waals surface area contributed by atoms with Crippen LogP contribution < -0.4 is 14.8 Å². The summed E-state index contributed by atoms with van der Waals surface area (Å²) >= 11 is 7.52. The van der Waals surface area contributed by atoms with Gasteiger partial charge in [-0.1, -0.05) is 17.7 Å².